The molecule has 0 unspecified atom stereocenters. The molecule has 0 amide bonds. The van der Waals surface area contributed by atoms with Crippen molar-refractivity contribution in [2.75, 3.05) is 25.8 Å². The first-order valence-electron chi connectivity index (χ1n) is 10.9. The van der Waals surface area contributed by atoms with E-state index in [1.807, 2.05) is 30.5 Å². The molecule has 2 aromatic carbocycles. The van der Waals surface area contributed by atoms with E-state index < -0.39 is 20.5 Å². The standard InChI is InChI=1S/C11H12N.C10H9N.C2H6O4S.CH2Cl2.CH4O4S/c1-9-7-8-12(2)11-6-4-3-5-10(9)11;1-8-6-7-11-10-5-3-2-4-9(8)10;1-5-7(3,4)6-2;2-1-3;1-6(3,4)5-2/h3-8H,1-2H3;2-7H,1H3;1-2H3;1H2;2H,1H3/q+1;;;;/p-1. The minimum Gasteiger partial charge on any atom is -0.707 e. The zero-order valence-electron chi connectivity index (χ0n) is 22.4. The molecule has 0 N–H and O–H groups in total. The van der Waals surface area contributed by atoms with Crippen molar-refractivity contribution in [1.29, 1.82) is 0 Å². The highest BCUT2D eigenvalue weighted by Gasteiger charge is 2.04. The van der Waals surface area contributed by atoms with Crippen LogP contribution < -0.4 is 9.82 Å². The maximum Gasteiger partial charge on any atom is 0.399 e. The molecule has 0 saturated carbocycles. The van der Waals surface area contributed by atoms with Gasteiger partial charge in [-0.15, -0.1) is 23.2 Å². The largest absolute Gasteiger partial charge is 0.707 e. The van der Waals surface area contributed by atoms with E-state index in [1.54, 1.807) is 0 Å². The van der Waals surface area contributed by atoms with Gasteiger partial charge in [0.05, 0.1) is 31.3 Å². The summed E-state index contributed by atoms with van der Waals surface area (Å²) in [4.78, 5) is 4.24. The van der Waals surface area contributed by atoms with Gasteiger partial charge >= 0.3 is 10.4 Å². The molecule has 0 fully saturated rings. The second-order valence-corrected chi connectivity index (χ2v) is 11.2. The van der Waals surface area contributed by atoms with Crippen molar-refractivity contribution >= 4 is 65.5 Å². The molecule has 10 nitrogen and oxygen atoms in total. The Morgan fingerprint density at radius 1 is 0.846 bits per heavy atom. The number of para-hydroxylation sites is 2. The lowest BCUT2D eigenvalue weighted by Crippen LogP contribution is -2.28. The van der Waals surface area contributed by atoms with Crippen LogP contribution in [0.1, 0.15) is 11.1 Å². The maximum atomic E-state index is 9.92. The Kier molecular flexibility index (Phi) is 17.6. The van der Waals surface area contributed by atoms with Gasteiger partial charge < -0.3 is 9.59 Å². The molecule has 14 heteroatoms. The molecule has 2 aromatic heterocycles. The molecule has 0 saturated heterocycles. The van der Waals surface area contributed by atoms with Gasteiger partial charge in [-0.3, -0.25) is 13.4 Å². The molecule has 2 heterocycles. The third-order valence-corrected chi connectivity index (χ3v) is 5.72. The quantitative estimate of drug-likeness (QED) is 0.145. The molecule has 216 valence electrons. The van der Waals surface area contributed by atoms with Crippen LogP contribution in [0.5, 0.6) is 0 Å². The second-order valence-electron chi connectivity index (χ2n) is 7.39. The van der Waals surface area contributed by atoms with Gasteiger partial charge in [-0.1, -0.05) is 30.3 Å². The average molecular weight is 624 g/mol. The number of nitrogens with zero attached hydrogens (tertiary/aromatic N) is 2. The van der Waals surface area contributed by atoms with E-state index in [0.29, 0.717) is 6.26 Å². The summed E-state index contributed by atoms with van der Waals surface area (Å²) >= 11 is 9.53. The summed E-state index contributed by atoms with van der Waals surface area (Å²) in [6.07, 6.45) is 4.62. The van der Waals surface area contributed by atoms with Gasteiger partial charge in [0.2, 0.25) is 5.52 Å². The predicted octanol–water partition coefficient (Wildman–Crippen LogP) is 3.70. The molecule has 4 aromatic rings. The Balaban J connectivity index is 0.000000496. The molecular formula is C25H32Cl2N2O8S2. The lowest BCUT2D eigenvalue weighted by atomic mass is 10.1. The van der Waals surface area contributed by atoms with Crippen molar-refractivity contribution in [3.05, 3.63) is 84.2 Å². The fourth-order valence-electron chi connectivity index (χ4n) is 2.82. The lowest BCUT2D eigenvalue weighted by molar-refractivity contribution is -0.644. The number of hydrogen-bond donors (Lipinski definition) is 0. The Hall–Kier alpha value is -2.42. The predicted molar refractivity (Wildman–Crippen MR) is 152 cm³/mol. The normalized spacial score (nSPS) is 10.5. The van der Waals surface area contributed by atoms with Crippen molar-refractivity contribution in [1.82, 2.24) is 4.98 Å². The van der Waals surface area contributed by atoms with Crippen molar-refractivity contribution in [3.63, 3.8) is 0 Å². The summed E-state index contributed by atoms with van der Waals surface area (Å²) in [5.74, 6) is 0. The number of rotatable bonds is 3. The highest BCUT2D eigenvalue weighted by molar-refractivity contribution is 7.85. The first-order chi connectivity index (χ1) is 18.3. The van der Waals surface area contributed by atoms with Crippen LogP contribution in [-0.2, 0) is 40.3 Å². The first-order valence-corrected chi connectivity index (χ1v) is 15.1. The van der Waals surface area contributed by atoms with Gasteiger partial charge in [0.25, 0.3) is 10.1 Å². The summed E-state index contributed by atoms with van der Waals surface area (Å²) in [6.45, 7) is 4.24. The highest BCUT2D eigenvalue weighted by Crippen LogP contribution is 2.14. The van der Waals surface area contributed by atoms with Gasteiger partial charge in [0, 0.05) is 29.1 Å². The molecule has 4 rings (SSSR count). The summed E-state index contributed by atoms with van der Waals surface area (Å²) < 4.78 is 51.3. The van der Waals surface area contributed by atoms with Crippen LogP contribution in [-0.4, -0.2) is 47.6 Å². The maximum absolute atomic E-state index is 9.92. The number of alkyl halides is 2. The molecule has 0 aliphatic heterocycles. The highest BCUT2D eigenvalue weighted by atomic mass is 35.5. The van der Waals surface area contributed by atoms with Crippen LogP contribution in [0.4, 0.5) is 0 Å². The van der Waals surface area contributed by atoms with Gasteiger partial charge in [-0.25, -0.2) is 13.0 Å². The van der Waals surface area contributed by atoms with E-state index in [4.69, 9.17) is 28.5 Å². The number of aryl methyl sites for hydroxylation is 3. The van der Waals surface area contributed by atoms with E-state index in [-0.39, 0.29) is 5.34 Å². The molecule has 0 aliphatic carbocycles. The Morgan fingerprint density at radius 3 is 1.74 bits per heavy atom. The fourth-order valence-corrected chi connectivity index (χ4v) is 2.95. The first kappa shape index (κ1) is 36.6. The molecule has 0 aliphatic rings. The smallest absolute Gasteiger partial charge is 0.399 e. The van der Waals surface area contributed by atoms with E-state index >= 15 is 0 Å². The van der Waals surface area contributed by atoms with Gasteiger partial charge in [0.15, 0.2) is 6.20 Å². The van der Waals surface area contributed by atoms with Crippen LogP contribution in [0.25, 0.3) is 21.8 Å². The van der Waals surface area contributed by atoms with Crippen molar-refractivity contribution in [2.24, 2.45) is 7.05 Å². The Labute approximate surface area is 240 Å². The third kappa shape index (κ3) is 15.1. The van der Waals surface area contributed by atoms with Crippen LogP contribution >= 0.6 is 23.2 Å². The summed E-state index contributed by atoms with van der Waals surface area (Å²) in [5, 5.41) is 11.6. The second kappa shape index (κ2) is 18.8. The summed E-state index contributed by atoms with van der Waals surface area (Å²) in [6, 6.07) is 20.8. The van der Waals surface area contributed by atoms with E-state index in [1.165, 1.54) is 27.4 Å². The van der Waals surface area contributed by atoms with Gasteiger partial charge in [-0.2, -0.15) is 8.42 Å². The number of benzene rings is 2. The number of aromatic nitrogens is 2. The zero-order chi connectivity index (χ0) is 30.1. The average Bonchev–Trinajstić information content (AvgIpc) is 2.92. The van der Waals surface area contributed by atoms with Crippen molar-refractivity contribution < 1.29 is 39.4 Å². The molecule has 0 radical (unpaired) electrons. The Bertz CT molecular complexity index is 1450. The number of pyridine rings is 2. The lowest BCUT2D eigenvalue weighted by Gasteiger charge is -1.98. The number of halogens is 2. The van der Waals surface area contributed by atoms with Crippen molar-refractivity contribution in [2.45, 2.75) is 13.8 Å². The van der Waals surface area contributed by atoms with Gasteiger partial charge in [0.1, 0.15) is 7.05 Å². The van der Waals surface area contributed by atoms with Crippen LogP contribution in [0.3, 0.4) is 0 Å². The van der Waals surface area contributed by atoms with Crippen LogP contribution in [0, 0.1) is 13.8 Å². The SMILES string of the molecule is COS(=O)(=O)OC.CS(=O)(=O)O[O-].Cc1cc[n+](C)c2ccccc12.Cc1ccnc2ccccc12.ClCCl. The summed E-state index contributed by atoms with van der Waals surface area (Å²) in [5.41, 5.74) is 4.99. The Morgan fingerprint density at radius 2 is 1.31 bits per heavy atom. The van der Waals surface area contributed by atoms with E-state index in [9.17, 15) is 16.8 Å². The minimum absolute atomic E-state index is 0.194. The monoisotopic (exact) mass is 622 g/mol. The number of fused-ring (bicyclic) bond motifs is 2. The van der Waals surface area contributed by atoms with Crippen molar-refractivity contribution in [3.8, 4) is 0 Å². The zero-order valence-corrected chi connectivity index (χ0v) is 25.5. The van der Waals surface area contributed by atoms with Gasteiger partial charge in [-0.05, 0) is 43.2 Å². The fraction of sp³-hybridized carbons (Fsp3) is 0.280. The van der Waals surface area contributed by atoms with Crippen LogP contribution in [0.2, 0.25) is 0 Å². The minimum atomic E-state index is -3.72. The molecular weight excluding hydrogens is 591 g/mol. The third-order valence-electron chi connectivity index (χ3n) is 4.66. The van der Waals surface area contributed by atoms with E-state index in [2.05, 4.69) is 85.7 Å². The molecule has 0 spiro atoms. The topological polar surface area (TPSA) is 136 Å². The number of hydrogen-bond acceptors (Lipinski definition) is 9. The molecule has 0 bridgehead atoms. The molecule has 0 atom stereocenters. The van der Waals surface area contributed by atoms with Crippen LogP contribution in [0.15, 0.2) is 73.1 Å². The van der Waals surface area contributed by atoms with E-state index in [0.717, 1.165) is 19.7 Å². The molecule has 39 heavy (non-hydrogen) atoms. The summed E-state index contributed by atoms with van der Waals surface area (Å²) in [7, 11) is -3.25.